The Balaban J connectivity index is 1.79. The minimum absolute atomic E-state index is 0.00788. The number of alkyl halides is 3. The first-order valence-corrected chi connectivity index (χ1v) is 14.9. The van der Waals surface area contributed by atoms with Crippen molar-refractivity contribution < 1.29 is 39.7 Å². The molecule has 4 heterocycles. The predicted octanol–water partition coefficient (Wildman–Crippen LogP) is 6.07. The van der Waals surface area contributed by atoms with Crippen LogP contribution < -0.4 is 8.92 Å². The van der Waals surface area contributed by atoms with Crippen LogP contribution in [0.1, 0.15) is 32.5 Å². The molecule has 1 aliphatic heterocycles. The third kappa shape index (κ3) is 5.33. The summed E-state index contributed by atoms with van der Waals surface area (Å²) in [6.45, 7) is 9.34. The first-order chi connectivity index (χ1) is 19.7. The van der Waals surface area contributed by atoms with Crippen molar-refractivity contribution in [3.05, 3.63) is 59.9 Å². The first-order valence-electron chi connectivity index (χ1n) is 12.6. The molecule has 0 saturated heterocycles. The summed E-state index contributed by atoms with van der Waals surface area (Å²) in [5.41, 5.74) is -4.27. The molecular weight excluding hydrogens is 600 g/mol. The summed E-state index contributed by atoms with van der Waals surface area (Å²) in [6.07, 6.45) is 0.828. The highest BCUT2D eigenvalue weighted by Gasteiger charge is 2.49. The Morgan fingerprint density at radius 3 is 2.64 bits per heavy atom. The van der Waals surface area contributed by atoms with Gasteiger partial charge in [0.15, 0.2) is 0 Å². The Hall–Kier alpha value is -3.98. The predicted molar refractivity (Wildman–Crippen MR) is 148 cm³/mol. The van der Waals surface area contributed by atoms with E-state index in [2.05, 4.69) is 20.8 Å². The maximum Gasteiger partial charge on any atom is 0.534 e. The molecule has 1 aliphatic rings. The van der Waals surface area contributed by atoms with Crippen LogP contribution in [-0.2, 0) is 21.5 Å². The van der Waals surface area contributed by atoms with Crippen molar-refractivity contribution in [3.63, 3.8) is 0 Å². The van der Waals surface area contributed by atoms with Crippen molar-refractivity contribution in [1.29, 1.82) is 0 Å². The lowest BCUT2D eigenvalue weighted by Crippen LogP contribution is -2.39. The Kier molecular flexibility index (Phi) is 7.51. The van der Waals surface area contributed by atoms with Gasteiger partial charge in [0.1, 0.15) is 23.0 Å². The number of pyridine rings is 1. The van der Waals surface area contributed by atoms with Crippen molar-refractivity contribution in [1.82, 2.24) is 19.7 Å². The van der Waals surface area contributed by atoms with Crippen molar-refractivity contribution in [2.75, 3.05) is 6.54 Å². The number of benzene rings is 1. The van der Waals surface area contributed by atoms with Crippen LogP contribution in [0, 0.1) is 5.82 Å². The monoisotopic (exact) mass is 624 g/mol. The van der Waals surface area contributed by atoms with E-state index < -0.39 is 27.3 Å². The highest BCUT2D eigenvalue weighted by molar-refractivity contribution is 7.88. The van der Waals surface area contributed by atoms with Gasteiger partial charge in [0.05, 0.1) is 29.8 Å². The van der Waals surface area contributed by atoms with Crippen LogP contribution in [-0.4, -0.2) is 52.1 Å². The number of carbonyl (C=O) groups excluding carboxylic acids is 1. The largest absolute Gasteiger partial charge is 0.534 e. The topological polar surface area (TPSA) is 104 Å². The van der Waals surface area contributed by atoms with Gasteiger partial charge in [0, 0.05) is 28.4 Å². The fourth-order valence-electron chi connectivity index (χ4n) is 4.70. The van der Waals surface area contributed by atoms with Gasteiger partial charge in [-0.2, -0.15) is 26.7 Å². The van der Waals surface area contributed by atoms with E-state index >= 15 is 0 Å². The van der Waals surface area contributed by atoms with Gasteiger partial charge in [-0.1, -0.05) is 6.58 Å². The molecule has 1 unspecified atom stereocenters. The molecule has 1 atom stereocenters. The minimum atomic E-state index is -6.07. The molecule has 0 aliphatic carbocycles. The number of thiophene rings is 1. The number of aromatic nitrogens is 3. The number of rotatable bonds is 7. The van der Waals surface area contributed by atoms with Gasteiger partial charge in [-0.05, 0) is 56.5 Å². The molecule has 0 bridgehead atoms. The normalized spacial score (nSPS) is 15.6. The van der Waals surface area contributed by atoms with Gasteiger partial charge in [0.25, 0.3) is 0 Å². The van der Waals surface area contributed by atoms with Gasteiger partial charge in [-0.3, -0.25) is 9.48 Å². The molecule has 3 aromatic heterocycles. The second-order valence-electron chi connectivity index (χ2n) is 9.83. The molecule has 4 aromatic rings. The van der Waals surface area contributed by atoms with Crippen LogP contribution in [0.5, 0.6) is 11.6 Å². The number of halogens is 4. The third-order valence-electron chi connectivity index (χ3n) is 6.42. The number of amides is 1. The lowest BCUT2D eigenvalue weighted by atomic mass is 9.99. The van der Waals surface area contributed by atoms with Crippen LogP contribution in [0.15, 0.2) is 48.4 Å². The molecule has 222 valence electrons. The molecule has 1 aromatic carbocycles. The van der Waals surface area contributed by atoms with Crippen molar-refractivity contribution in [2.45, 2.75) is 45.0 Å². The van der Waals surface area contributed by atoms with Crippen molar-refractivity contribution >= 4 is 37.4 Å². The van der Waals surface area contributed by atoms with Crippen LogP contribution in [0.2, 0.25) is 0 Å². The Labute approximate surface area is 242 Å². The van der Waals surface area contributed by atoms with Crippen molar-refractivity contribution in [3.8, 4) is 34.1 Å². The maximum atomic E-state index is 14.3. The first kappa shape index (κ1) is 29.5. The van der Waals surface area contributed by atoms with Gasteiger partial charge < -0.3 is 13.8 Å². The van der Waals surface area contributed by atoms with Crippen LogP contribution in [0.4, 0.5) is 17.6 Å². The summed E-state index contributed by atoms with van der Waals surface area (Å²) in [5.74, 6) is -1.53. The van der Waals surface area contributed by atoms with Crippen molar-refractivity contribution in [2.24, 2.45) is 0 Å². The summed E-state index contributed by atoms with van der Waals surface area (Å²) < 4.78 is 90.7. The summed E-state index contributed by atoms with van der Waals surface area (Å²) in [6, 6.07) is 6.53. The van der Waals surface area contributed by atoms with Crippen LogP contribution in [0.3, 0.4) is 0 Å². The average molecular weight is 625 g/mol. The second-order valence-corrected chi connectivity index (χ2v) is 12.3. The highest BCUT2D eigenvalue weighted by atomic mass is 32.2. The Morgan fingerprint density at radius 1 is 1.24 bits per heavy atom. The SMILES string of the molecule is C=CC(=O)N1Cc2cc(-c3nc(OS(=O)(=O)C(F)(F)F)c4ccsc4c3-c3ccc(F)cc3OC(C)C)nn2C(C)C1. The molecule has 15 heteroatoms. The molecule has 0 saturated carbocycles. The zero-order valence-electron chi connectivity index (χ0n) is 22.5. The zero-order chi connectivity index (χ0) is 30.6. The van der Waals surface area contributed by atoms with E-state index in [9.17, 15) is 30.8 Å². The van der Waals surface area contributed by atoms with Crippen LogP contribution in [0.25, 0.3) is 32.6 Å². The van der Waals surface area contributed by atoms with Crippen LogP contribution >= 0.6 is 11.3 Å². The lowest BCUT2D eigenvalue weighted by Gasteiger charge is -2.31. The fourth-order valence-corrected chi connectivity index (χ4v) is 6.08. The third-order valence-corrected chi connectivity index (χ3v) is 8.29. The van der Waals surface area contributed by atoms with Gasteiger partial charge in [-0.15, -0.1) is 11.3 Å². The van der Waals surface area contributed by atoms with E-state index in [1.54, 1.807) is 29.5 Å². The number of hydrogen-bond donors (Lipinski definition) is 0. The average Bonchev–Trinajstić information content (AvgIpc) is 3.55. The molecule has 0 fully saturated rings. The van der Waals surface area contributed by atoms with Gasteiger partial charge in [-0.25, -0.2) is 9.37 Å². The van der Waals surface area contributed by atoms with E-state index in [1.165, 1.54) is 35.7 Å². The number of ether oxygens (including phenoxy) is 1. The Morgan fingerprint density at radius 2 is 1.98 bits per heavy atom. The number of carbonyl (C=O) groups is 1. The molecule has 9 nitrogen and oxygen atoms in total. The van der Waals surface area contributed by atoms with E-state index in [4.69, 9.17) is 4.74 Å². The second kappa shape index (κ2) is 10.7. The molecule has 0 N–H and O–H groups in total. The quantitative estimate of drug-likeness (QED) is 0.106. The number of fused-ring (bicyclic) bond motifs is 2. The van der Waals surface area contributed by atoms with E-state index in [0.29, 0.717) is 28.1 Å². The summed E-state index contributed by atoms with van der Waals surface area (Å²) in [7, 11) is -6.07. The number of nitrogens with zero attached hydrogens (tertiary/aromatic N) is 4. The van der Waals surface area contributed by atoms with Gasteiger partial charge in [0.2, 0.25) is 11.8 Å². The molecule has 0 spiro atoms. The van der Waals surface area contributed by atoms with E-state index in [-0.39, 0.29) is 47.1 Å². The van der Waals surface area contributed by atoms with E-state index in [1.807, 2.05) is 6.92 Å². The lowest BCUT2D eigenvalue weighted by molar-refractivity contribution is -0.127. The van der Waals surface area contributed by atoms with Gasteiger partial charge >= 0.3 is 15.6 Å². The maximum absolute atomic E-state index is 14.3. The highest BCUT2D eigenvalue weighted by Crippen LogP contribution is 2.47. The molecule has 5 rings (SSSR count). The smallest absolute Gasteiger partial charge is 0.490 e. The summed E-state index contributed by atoms with van der Waals surface area (Å²) in [4.78, 5) is 18.2. The molecule has 42 heavy (non-hydrogen) atoms. The molecule has 0 radical (unpaired) electrons. The minimum Gasteiger partial charge on any atom is -0.490 e. The summed E-state index contributed by atoms with van der Waals surface area (Å²) >= 11 is 1.10. The van der Waals surface area contributed by atoms with E-state index in [0.717, 1.165) is 11.3 Å². The molecule has 1 amide bonds. The number of hydrogen-bond acceptors (Lipinski definition) is 8. The zero-order valence-corrected chi connectivity index (χ0v) is 24.1. The fraction of sp³-hybridized carbons (Fsp3) is 0.296. The standard InChI is InChI=1S/C27H24F4N4O5S2/c1-5-22(36)34-12-15(4)35-17(13-34)11-20(33-35)24-23(18-7-6-16(28)10-21(18)39-14(2)3)25-19(8-9-41-25)26(32-24)40-42(37,38)27(29,30)31/h5-11,14-15H,1,12-13H2,2-4H3. The summed E-state index contributed by atoms with van der Waals surface area (Å²) in [5, 5.41) is 6.18. The molecular formula is C27H24F4N4O5S2. The Bertz CT molecular complexity index is 1810.